The quantitative estimate of drug-likeness (QED) is 0.728. The first-order chi connectivity index (χ1) is 13.2. The van der Waals surface area contributed by atoms with Crippen molar-refractivity contribution in [2.24, 2.45) is 0 Å². The number of amides is 2. The molecule has 7 heteroatoms. The lowest BCUT2D eigenvalue weighted by atomic mass is 10.1. The van der Waals surface area contributed by atoms with E-state index in [1.165, 1.54) is 0 Å². The molecule has 0 bridgehead atoms. The molecule has 27 heavy (non-hydrogen) atoms. The second kappa shape index (κ2) is 7.49. The second-order valence-corrected chi connectivity index (χ2v) is 6.42. The van der Waals surface area contributed by atoms with E-state index >= 15 is 0 Å². The van der Waals surface area contributed by atoms with Gasteiger partial charge in [0.05, 0.1) is 18.5 Å². The first-order valence-electron chi connectivity index (χ1n) is 8.99. The van der Waals surface area contributed by atoms with E-state index in [4.69, 9.17) is 4.42 Å². The first-order valence-corrected chi connectivity index (χ1v) is 8.99. The van der Waals surface area contributed by atoms with E-state index in [2.05, 4.69) is 15.6 Å². The fourth-order valence-electron chi connectivity index (χ4n) is 3.27. The molecule has 138 valence electrons. The maximum atomic E-state index is 12.7. The number of para-hydroxylation sites is 1. The molecule has 0 aliphatic carbocycles. The van der Waals surface area contributed by atoms with Crippen LogP contribution in [0.3, 0.4) is 0 Å². The van der Waals surface area contributed by atoms with Gasteiger partial charge in [-0.25, -0.2) is 4.98 Å². The van der Waals surface area contributed by atoms with Gasteiger partial charge in [0, 0.05) is 12.2 Å². The van der Waals surface area contributed by atoms with Gasteiger partial charge in [-0.1, -0.05) is 18.2 Å². The van der Waals surface area contributed by atoms with E-state index in [0.29, 0.717) is 23.7 Å². The lowest BCUT2D eigenvalue weighted by Gasteiger charge is -2.17. The minimum absolute atomic E-state index is 0.273. The summed E-state index contributed by atoms with van der Waals surface area (Å²) in [6.45, 7) is 0.962. The van der Waals surface area contributed by atoms with Crippen molar-refractivity contribution >= 4 is 17.5 Å². The zero-order chi connectivity index (χ0) is 18.6. The van der Waals surface area contributed by atoms with Crippen LogP contribution in [0.25, 0.3) is 0 Å². The average molecular weight is 364 g/mol. The van der Waals surface area contributed by atoms with Gasteiger partial charge >= 0.3 is 0 Å². The number of benzene rings is 1. The van der Waals surface area contributed by atoms with E-state index in [-0.39, 0.29) is 24.2 Å². The third kappa shape index (κ3) is 3.62. The highest BCUT2D eigenvalue weighted by Crippen LogP contribution is 2.22. The number of hydrogen-bond acceptors (Lipinski definition) is 4. The molecule has 0 unspecified atom stereocenters. The summed E-state index contributed by atoms with van der Waals surface area (Å²) in [5.74, 6) is 0.329. The van der Waals surface area contributed by atoms with Crippen LogP contribution in [0.4, 0.5) is 5.69 Å². The van der Waals surface area contributed by atoms with Crippen LogP contribution < -0.4 is 10.6 Å². The van der Waals surface area contributed by atoms with Crippen molar-refractivity contribution in [1.82, 2.24) is 14.9 Å². The number of nitrogens with one attached hydrogen (secondary N) is 2. The highest BCUT2D eigenvalue weighted by molar-refractivity contribution is 6.05. The third-order valence-electron chi connectivity index (χ3n) is 4.57. The summed E-state index contributed by atoms with van der Waals surface area (Å²) in [6, 6.07) is 12.8. The zero-order valence-electron chi connectivity index (χ0n) is 14.8. The summed E-state index contributed by atoms with van der Waals surface area (Å²) in [6.07, 6.45) is 4.23. The zero-order valence-corrected chi connectivity index (χ0v) is 14.8. The number of fused-ring (bicyclic) bond motifs is 1. The summed E-state index contributed by atoms with van der Waals surface area (Å²) in [5, 5.41) is 5.66. The maximum Gasteiger partial charge on any atom is 0.287 e. The standard InChI is InChI=1S/C20H20N4O3/c25-19(22-14-7-2-1-3-8-14)17-16-10-4-5-11-24(16)18(23-17)20(26)21-13-15-9-6-12-27-15/h1-3,6-9,12H,4-5,10-11,13H2,(H,21,26)(H,22,25). The number of aromatic nitrogens is 2. The van der Waals surface area contributed by atoms with Crippen molar-refractivity contribution in [3.8, 4) is 0 Å². The van der Waals surface area contributed by atoms with Gasteiger partial charge in [-0.05, 0) is 43.5 Å². The highest BCUT2D eigenvalue weighted by atomic mass is 16.3. The SMILES string of the molecule is O=C(Nc1ccccc1)c1nc(C(=O)NCc2ccco2)n2c1CCCC2. The summed E-state index contributed by atoms with van der Waals surface area (Å²) >= 11 is 0. The Morgan fingerprint density at radius 1 is 1.07 bits per heavy atom. The molecule has 3 heterocycles. The van der Waals surface area contributed by atoms with E-state index in [1.807, 2.05) is 34.9 Å². The topological polar surface area (TPSA) is 89.2 Å². The highest BCUT2D eigenvalue weighted by Gasteiger charge is 2.27. The van der Waals surface area contributed by atoms with Gasteiger partial charge in [-0.3, -0.25) is 9.59 Å². The Labute approximate surface area is 156 Å². The molecule has 2 amide bonds. The number of rotatable bonds is 5. The number of carbonyl (C=O) groups excluding carboxylic acids is 2. The van der Waals surface area contributed by atoms with Gasteiger partial charge in [-0.15, -0.1) is 0 Å². The molecule has 0 atom stereocenters. The number of imidazole rings is 1. The minimum Gasteiger partial charge on any atom is -0.467 e. The van der Waals surface area contributed by atoms with Crippen LogP contribution in [0.15, 0.2) is 53.1 Å². The number of hydrogen-bond donors (Lipinski definition) is 2. The fraction of sp³-hybridized carbons (Fsp3) is 0.250. The molecule has 3 aromatic rings. The Bertz CT molecular complexity index is 945. The van der Waals surface area contributed by atoms with Crippen molar-refractivity contribution in [3.05, 3.63) is 71.7 Å². The predicted molar refractivity (Wildman–Crippen MR) is 99.4 cm³/mol. The molecular formula is C20H20N4O3. The van der Waals surface area contributed by atoms with Gasteiger partial charge in [-0.2, -0.15) is 0 Å². The van der Waals surface area contributed by atoms with Crippen molar-refractivity contribution in [1.29, 1.82) is 0 Å². The third-order valence-corrected chi connectivity index (χ3v) is 4.57. The van der Waals surface area contributed by atoms with Gasteiger partial charge in [0.15, 0.2) is 11.5 Å². The smallest absolute Gasteiger partial charge is 0.287 e. The minimum atomic E-state index is -0.312. The fourth-order valence-corrected chi connectivity index (χ4v) is 3.27. The van der Waals surface area contributed by atoms with E-state index < -0.39 is 0 Å². The molecule has 0 spiro atoms. The Morgan fingerprint density at radius 3 is 2.70 bits per heavy atom. The van der Waals surface area contributed by atoms with Crippen molar-refractivity contribution in [3.63, 3.8) is 0 Å². The largest absolute Gasteiger partial charge is 0.467 e. The van der Waals surface area contributed by atoms with Crippen LogP contribution in [0, 0.1) is 0 Å². The molecule has 1 aliphatic rings. The van der Waals surface area contributed by atoms with Gasteiger partial charge in [0.25, 0.3) is 11.8 Å². The van der Waals surface area contributed by atoms with Crippen LogP contribution in [0.1, 0.15) is 45.4 Å². The Hall–Kier alpha value is -3.35. The summed E-state index contributed by atoms with van der Waals surface area (Å²) < 4.78 is 7.10. The Kier molecular flexibility index (Phi) is 4.74. The molecule has 1 aliphatic heterocycles. The first kappa shape index (κ1) is 17.1. The summed E-state index contributed by atoms with van der Waals surface area (Å²) in [5.41, 5.74) is 1.84. The molecule has 0 fully saturated rings. The van der Waals surface area contributed by atoms with Gasteiger partial charge in [0.2, 0.25) is 0 Å². The molecule has 2 aromatic heterocycles. The molecule has 0 saturated heterocycles. The molecule has 0 saturated carbocycles. The van der Waals surface area contributed by atoms with Gasteiger partial charge in [0.1, 0.15) is 5.76 Å². The second-order valence-electron chi connectivity index (χ2n) is 6.42. The lowest BCUT2D eigenvalue weighted by Crippen LogP contribution is -2.27. The van der Waals surface area contributed by atoms with Crippen LogP contribution in [0.2, 0.25) is 0 Å². The van der Waals surface area contributed by atoms with E-state index in [9.17, 15) is 9.59 Å². The summed E-state index contributed by atoms with van der Waals surface area (Å²) in [7, 11) is 0. The van der Waals surface area contributed by atoms with Crippen LogP contribution >= 0.6 is 0 Å². The number of anilines is 1. The van der Waals surface area contributed by atoms with Crippen LogP contribution in [-0.4, -0.2) is 21.4 Å². The monoisotopic (exact) mass is 364 g/mol. The molecule has 4 rings (SSSR count). The van der Waals surface area contributed by atoms with E-state index in [1.54, 1.807) is 18.4 Å². The number of carbonyl (C=O) groups is 2. The molecule has 1 aromatic carbocycles. The average Bonchev–Trinajstić information content (AvgIpc) is 3.35. The normalized spacial score (nSPS) is 13.0. The lowest BCUT2D eigenvalue weighted by molar-refractivity contribution is 0.0932. The van der Waals surface area contributed by atoms with Crippen molar-refractivity contribution < 1.29 is 14.0 Å². The summed E-state index contributed by atoms with van der Waals surface area (Å²) in [4.78, 5) is 29.8. The molecule has 7 nitrogen and oxygen atoms in total. The molecule has 0 radical (unpaired) electrons. The Balaban J connectivity index is 1.57. The predicted octanol–water partition coefficient (Wildman–Crippen LogP) is 2.99. The van der Waals surface area contributed by atoms with E-state index in [0.717, 1.165) is 25.0 Å². The molecular weight excluding hydrogens is 344 g/mol. The van der Waals surface area contributed by atoms with Crippen LogP contribution in [0.5, 0.6) is 0 Å². The number of furan rings is 1. The van der Waals surface area contributed by atoms with Gasteiger partial charge < -0.3 is 19.6 Å². The number of nitrogens with zero attached hydrogens (tertiary/aromatic N) is 2. The molecule has 2 N–H and O–H groups in total. The Morgan fingerprint density at radius 2 is 1.93 bits per heavy atom. The van der Waals surface area contributed by atoms with Crippen LogP contribution in [-0.2, 0) is 19.5 Å². The van der Waals surface area contributed by atoms with Crippen molar-refractivity contribution in [2.45, 2.75) is 32.4 Å². The van der Waals surface area contributed by atoms with Crippen molar-refractivity contribution in [2.75, 3.05) is 5.32 Å². The maximum absolute atomic E-state index is 12.7.